The quantitative estimate of drug-likeness (QED) is 0.0246. The van der Waals surface area contributed by atoms with Gasteiger partial charge in [-0.05, 0) is 83.2 Å². The average Bonchev–Trinajstić information content (AvgIpc) is 1.62. The first-order chi connectivity index (χ1) is 46.1. The Morgan fingerprint density at radius 2 is 1.29 bits per heavy atom. The van der Waals surface area contributed by atoms with Crippen LogP contribution in [0.15, 0.2) is 54.7 Å². The number of amides is 11. The molecule has 1 aliphatic rings. The van der Waals surface area contributed by atoms with Crippen molar-refractivity contribution in [1.82, 2.24) is 58.2 Å². The number of carbonyl (C=O) groups is 17. The number of ketones is 4. The Hall–Kier alpha value is -10.5. The molecule has 2 aromatic carbocycles. The third kappa shape index (κ3) is 24.9. The second-order valence-electron chi connectivity index (χ2n) is 24.3. The van der Waals surface area contributed by atoms with Crippen LogP contribution in [0, 0.1) is 23.7 Å². The lowest BCUT2D eigenvalue weighted by Crippen LogP contribution is -2.60. The number of hydrogen-bond donors (Lipinski definition) is 16. The number of nitrogens with one attached hydrogen (secondary N) is 11. The van der Waals surface area contributed by atoms with E-state index in [2.05, 4.69) is 58.2 Å². The summed E-state index contributed by atoms with van der Waals surface area (Å²) >= 11 is 0. The highest BCUT2D eigenvalue weighted by Gasteiger charge is 2.40. The van der Waals surface area contributed by atoms with E-state index in [4.69, 9.17) is 21.9 Å². The van der Waals surface area contributed by atoms with Gasteiger partial charge in [-0.1, -0.05) is 51.1 Å². The minimum atomic E-state index is -2.23. The molecule has 0 saturated carbocycles. The number of carboxylic acids is 1. The molecule has 4 rings (SSSR count). The Morgan fingerprint density at radius 1 is 0.673 bits per heavy atom. The molecule has 98 heavy (non-hydrogen) atoms. The zero-order valence-electron chi connectivity index (χ0n) is 55.4. The standard InChI is InChI=1S/C64H88N14O20/c1-30(2)54-63(96)76-45(24-47(81)40-14-8-10-15-41(40)66)64(97)98-35(7)55(78-60(93)37(23-53(87)88)22-49(83)44(25-50(67)84)75-59(92)36(20-32(4)80)21-38-26-68-42-16-11-9-13-39(38)42)62(95)70-28-51(85)73-43(17-12-18-65)48(82)19-31(3)56(89)71-34(6)58(91)72-33(5)57(90)69-27-52(86)74-46(29-79)61(94)77-54/h8-11,13-16,26,30-31,33-37,43-46,54-55,68,79H,12,17-25,27-29,65-66H2,1-7H3,(H2,67,84)(H,69,90)(H,70,95)(H,71,89)(H,72,91)(H,73,85)(H,74,86)(H,75,92)(H,76,96)(H,77,94)(H,78,93)(H,87,88). The molecular weight excluding hydrogens is 1280 g/mol. The fraction of sp³-hybridized carbons (Fsp3) is 0.516. The van der Waals surface area contributed by atoms with E-state index in [0.29, 0.717) is 11.1 Å². The van der Waals surface area contributed by atoms with E-state index < -0.39 is 230 Å². The minimum absolute atomic E-state index is 0.0156. The van der Waals surface area contributed by atoms with Gasteiger partial charge in [-0.2, -0.15) is 0 Å². The summed E-state index contributed by atoms with van der Waals surface area (Å²) in [5.41, 5.74) is 18.5. The van der Waals surface area contributed by atoms with Crippen LogP contribution in [0.2, 0.25) is 0 Å². The second kappa shape index (κ2) is 38.3. The number of nitrogen functional groups attached to an aromatic ring is 1. The van der Waals surface area contributed by atoms with Crippen LogP contribution in [-0.2, 0) is 87.9 Å². The minimum Gasteiger partial charge on any atom is -0.481 e. The topological polar surface area (TPSA) is 554 Å². The maximum atomic E-state index is 14.6. The zero-order chi connectivity index (χ0) is 73.2. The van der Waals surface area contributed by atoms with Crippen LogP contribution in [0.5, 0.6) is 0 Å². The number of cyclic esters (lactones) is 1. The fourth-order valence-electron chi connectivity index (χ4n) is 10.3. The van der Waals surface area contributed by atoms with Gasteiger partial charge in [0.05, 0.1) is 50.5 Å². The van der Waals surface area contributed by atoms with Crippen LogP contribution in [0.1, 0.15) is 116 Å². The second-order valence-corrected chi connectivity index (χ2v) is 24.3. The van der Waals surface area contributed by atoms with E-state index >= 15 is 0 Å². The summed E-state index contributed by atoms with van der Waals surface area (Å²) in [6, 6.07) is -0.988. The van der Waals surface area contributed by atoms with Crippen molar-refractivity contribution in [3.05, 3.63) is 65.9 Å². The van der Waals surface area contributed by atoms with Crippen molar-refractivity contribution in [2.45, 2.75) is 161 Å². The first kappa shape index (κ1) is 79.9. The van der Waals surface area contributed by atoms with Gasteiger partial charge in [0.2, 0.25) is 65.0 Å². The van der Waals surface area contributed by atoms with E-state index in [0.717, 1.165) is 12.3 Å². The number of aliphatic hydroxyl groups is 1. The first-order valence-electron chi connectivity index (χ1n) is 31.6. The van der Waals surface area contributed by atoms with Crippen LogP contribution < -0.4 is 70.4 Å². The number of benzene rings is 2. The predicted octanol–water partition coefficient (Wildman–Crippen LogP) is -3.84. The molecule has 0 spiro atoms. The molecule has 19 N–H and O–H groups in total. The smallest absolute Gasteiger partial charge is 0.329 e. The van der Waals surface area contributed by atoms with Gasteiger partial charge in [0.1, 0.15) is 48.1 Å². The SMILES string of the molecule is CC(=O)CC(Cc1c[nH]c2ccccc12)C(=O)NC(CC(N)=O)C(=O)CC(CC(=O)O)C(=O)NC1C(=O)NCC(=O)NC(CCCN)C(=O)CC(C)C(=O)NC(C)C(=O)NC(C)C(=O)NCC(=O)NC(CO)C(=O)NC(C(C)C)C(=O)NC(CC(=O)c2ccccc2N)C(=O)OC1C. The number of aromatic nitrogens is 1. The molecule has 534 valence electrons. The molecule has 3 aromatic rings. The van der Waals surface area contributed by atoms with Crippen molar-refractivity contribution < 1.29 is 96.5 Å². The monoisotopic (exact) mass is 1370 g/mol. The number of aliphatic carboxylic acids is 1. The summed E-state index contributed by atoms with van der Waals surface area (Å²) in [6.07, 6.45) is -5.37. The Balaban J connectivity index is 1.79. The van der Waals surface area contributed by atoms with Crippen molar-refractivity contribution in [3.8, 4) is 0 Å². The summed E-state index contributed by atoms with van der Waals surface area (Å²) < 4.78 is 5.72. The number of para-hydroxylation sites is 2. The lowest BCUT2D eigenvalue weighted by atomic mass is 9.90. The zero-order valence-corrected chi connectivity index (χ0v) is 55.4. The number of esters is 1. The summed E-state index contributed by atoms with van der Waals surface area (Å²) in [6.45, 7) is 6.04. The number of rotatable bonds is 23. The number of primary amides is 1. The number of H-pyrrole nitrogens is 1. The van der Waals surface area contributed by atoms with Gasteiger partial charge in [0.25, 0.3) is 0 Å². The molecule has 34 heteroatoms. The molecule has 34 nitrogen and oxygen atoms in total. The van der Waals surface area contributed by atoms with Gasteiger partial charge in [0, 0.05) is 65.9 Å². The van der Waals surface area contributed by atoms with Gasteiger partial charge < -0.3 is 95.1 Å². The van der Waals surface area contributed by atoms with E-state index in [1.54, 1.807) is 30.5 Å². The molecule has 1 saturated heterocycles. The molecule has 1 aromatic heterocycles. The Bertz CT molecular complexity index is 3480. The van der Waals surface area contributed by atoms with Gasteiger partial charge in [-0.25, -0.2) is 4.79 Å². The molecule has 11 amide bonds. The molecule has 1 fully saturated rings. The number of fused-ring (bicyclic) bond motifs is 1. The third-order valence-corrected chi connectivity index (χ3v) is 15.8. The molecule has 0 aliphatic carbocycles. The first-order valence-corrected chi connectivity index (χ1v) is 31.6. The highest BCUT2D eigenvalue weighted by Crippen LogP contribution is 2.24. The highest BCUT2D eigenvalue weighted by molar-refractivity contribution is 6.05. The number of ether oxygens (including phenoxy) is 1. The van der Waals surface area contributed by atoms with E-state index in [1.165, 1.54) is 65.8 Å². The Morgan fingerprint density at radius 3 is 1.90 bits per heavy atom. The molecular formula is C64H88N14O20. The molecule has 12 atom stereocenters. The summed E-state index contributed by atoms with van der Waals surface area (Å²) in [7, 11) is 0. The lowest BCUT2D eigenvalue weighted by Gasteiger charge is -2.29. The number of anilines is 1. The highest BCUT2D eigenvalue weighted by atomic mass is 16.5. The number of carbonyl (C=O) groups excluding carboxylic acids is 16. The lowest BCUT2D eigenvalue weighted by molar-refractivity contribution is -0.156. The normalized spacial score (nSPS) is 22.8. The van der Waals surface area contributed by atoms with E-state index in [-0.39, 0.29) is 43.5 Å². The number of carboxylic acid groups (broad SMARTS) is 1. The number of nitrogens with two attached hydrogens (primary N) is 3. The molecule has 12 unspecified atom stereocenters. The summed E-state index contributed by atoms with van der Waals surface area (Å²) in [4.78, 5) is 235. The van der Waals surface area contributed by atoms with Gasteiger partial charge >= 0.3 is 11.9 Å². The maximum Gasteiger partial charge on any atom is 0.329 e. The summed E-state index contributed by atoms with van der Waals surface area (Å²) in [5.74, 6) is -23.5. The van der Waals surface area contributed by atoms with Crippen molar-refractivity contribution in [1.29, 1.82) is 0 Å². The third-order valence-electron chi connectivity index (χ3n) is 15.8. The number of aliphatic hydroxyl groups excluding tert-OH is 1. The van der Waals surface area contributed by atoms with Crippen LogP contribution in [0.25, 0.3) is 10.9 Å². The van der Waals surface area contributed by atoms with Crippen molar-refractivity contribution >= 4 is 117 Å². The van der Waals surface area contributed by atoms with Crippen LogP contribution in [0.3, 0.4) is 0 Å². The van der Waals surface area contributed by atoms with Crippen molar-refractivity contribution in [2.75, 3.05) is 32.0 Å². The summed E-state index contributed by atoms with van der Waals surface area (Å²) in [5, 5.41) is 44.3. The maximum absolute atomic E-state index is 14.6. The number of hydrogen-bond acceptors (Lipinski definition) is 21. The van der Waals surface area contributed by atoms with Gasteiger partial charge in [-0.3, -0.25) is 71.9 Å². The number of Topliss-reactive ketones (excluding diaryl/α,β-unsaturated/α-hetero) is 4. The average molecular weight is 1370 g/mol. The Labute approximate surface area is 563 Å². The molecule has 2 heterocycles. The van der Waals surface area contributed by atoms with E-state index in [1.807, 2.05) is 0 Å². The van der Waals surface area contributed by atoms with Gasteiger partial charge in [-0.15, -0.1) is 0 Å². The van der Waals surface area contributed by atoms with Crippen LogP contribution >= 0.6 is 0 Å². The van der Waals surface area contributed by atoms with Crippen molar-refractivity contribution in [3.63, 3.8) is 0 Å². The van der Waals surface area contributed by atoms with Gasteiger partial charge in [0.15, 0.2) is 17.3 Å². The largest absolute Gasteiger partial charge is 0.481 e. The Kier molecular flexibility index (Phi) is 31.2. The number of aromatic amines is 1. The molecule has 0 radical (unpaired) electrons. The fourth-order valence-corrected chi connectivity index (χ4v) is 10.3. The molecule has 1 aliphatic heterocycles. The predicted molar refractivity (Wildman–Crippen MR) is 347 cm³/mol. The van der Waals surface area contributed by atoms with Crippen LogP contribution in [0.4, 0.5) is 5.69 Å². The van der Waals surface area contributed by atoms with Crippen molar-refractivity contribution in [2.24, 2.45) is 35.1 Å². The molecule has 0 bridgehead atoms. The van der Waals surface area contributed by atoms with Crippen LogP contribution in [-0.4, -0.2) is 196 Å². The van der Waals surface area contributed by atoms with E-state index in [9.17, 15) is 91.7 Å².